The molecule has 0 atom stereocenters. The van der Waals surface area contributed by atoms with Crippen molar-refractivity contribution >= 4 is 11.6 Å². The van der Waals surface area contributed by atoms with Gasteiger partial charge < -0.3 is 10.1 Å². The first-order chi connectivity index (χ1) is 11.3. The normalized spacial score (nSPS) is 13.3. The monoisotopic (exact) mass is 309 g/mol. The number of anilines is 1. The van der Waals surface area contributed by atoms with Gasteiger partial charge in [-0.05, 0) is 67.0 Å². The van der Waals surface area contributed by atoms with Gasteiger partial charge in [0.05, 0.1) is 0 Å². The Hall–Kier alpha value is -2.29. The van der Waals surface area contributed by atoms with Gasteiger partial charge >= 0.3 is 0 Å². The van der Waals surface area contributed by atoms with E-state index in [1.54, 1.807) is 0 Å². The Labute approximate surface area is 137 Å². The molecule has 1 amide bonds. The zero-order valence-electron chi connectivity index (χ0n) is 13.6. The molecule has 120 valence electrons. The van der Waals surface area contributed by atoms with E-state index in [0.717, 1.165) is 30.7 Å². The molecular formula is C20H23NO2. The number of fused-ring (bicyclic) bond motifs is 1. The highest BCUT2D eigenvalue weighted by atomic mass is 16.5. The summed E-state index contributed by atoms with van der Waals surface area (Å²) in [7, 11) is 0. The summed E-state index contributed by atoms with van der Waals surface area (Å²) in [6, 6.07) is 14.1. The zero-order chi connectivity index (χ0) is 16.1. The van der Waals surface area contributed by atoms with Gasteiger partial charge in [-0.3, -0.25) is 4.79 Å². The Morgan fingerprint density at radius 1 is 1.09 bits per heavy atom. The van der Waals surface area contributed by atoms with E-state index in [4.69, 9.17) is 4.74 Å². The van der Waals surface area contributed by atoms with Crippen LogP contribution in [0.3, 0.4) is 0 Å². The van der Waals surface area contributed by atoms with Crippen LogP contribution in [-0.4, -0.2) is 12.5 Å². The number of rotatable bonds is 5. The lowest BCUT2D eigenvalue weighted by atomic mass is 9.91. The van der Waals surface area contributed by atoms with Gasteiger partial charge in [0.1, 0.15) is 5.75 Å². The van der Waals surface area contributed by atoms with E-state index in [9.17, 15) is 4.79 Å². The molecule has 3 heteroatoms. The van der Waals surface area contributed by atoms with Crippen molar-refractivity contribution in [1.82, 2.24) is 0 Å². The molecule has 0 aliphatic heterocycles. The third-order valence-electron chi connectivity index (χ3n) is 4.36. The molecule has 0 unspecified atom stereocenters. The summed E-state index contributed by atoms with van der Waals surface area (Å²) < 4.78 is 5.77. The second-order valence-corrected chi connectivity index (χ2v) is 5.99. The Morgan fingerprint density at radius 3 is 2.65 bits per heavy atom. The van der Waals surface area contributed by atoms with E-state index in [-0.39, 0.29) is 12.5 Å². The summed E-state index contributed by atoms with van der Waals surface area (Å²) in [4.78, 5) is 12.1. The minimum absolute atomic E-state index is 0.0476. The lowest BCUT2D eigenvalue weighted by Gasteiger charge is -2.19. The van der Waals surface area contributed by atoms with E-state index in [1.165, 1.54) is 29.5 Å². The highest BCUT2D eigenvalue weighted by Gasteiger charge is 2.14. The highest BCUT2D eigenvalue weighted by molar-refractivity contribution is 5.91. The standard InChI is InChI=1S/C20H23NO2/c1-2-15-10-12-17(13-11-15)21-20(22)14-23-19-9-5-7-16-6-3-4-8-18(16)19/h5,7,9-13H,2-4,6,8,14H2,1H3,(H,21,22). The summed E-state index contributed by atoms with van der Waals surface area (Å²) in [6.45, 7) is 2.16. The number of hydrogen-bond acceptors (Lipinski definition) is 2. The van der Waals surface area contributed by atoms with Crippen molar-refractivity contribution in [3.8, 4) is 5.75 Å². The minimum atomic E-state index is -0.123. The number of aryl methyl sites for hydroxylation is 2. The van der Waals surface area contributed by atoms with Crippen molar-refractivity contribution in [3.05, 3.63) is 59.2 Å². The molecular weight excluding hydrogens is 286 g/mol. The molecule has 1 N–H and O–H groups in total. The largest absolute Gasteiger partial charge is 0.483 e. The molecule has 0 saturated heterocycles. The number of hydrogen-bond donors (Lipinski definition) is 1. The summed E-state index contributed by atoms with van der Waals surface area (Å²) in [6.07, 6.45) is 5.60. The molecule has 1 aliphatic carbocycles. The summed E-state index contributed by atoms with van der Waals surface area (Å²) in [5.74, 6) is 0.737. The van der Waals surface area contributed by atoms with Crippen LogP contribution in [0.15, 0.2) is 42.5 Å². The number of carbonyl (C=O) groups excluding carboxylic acids is 1. The minimum Gasteiger partial charge on any atom is -0.483 e. The molecule has 0 fully saturated rings. The molecule has 0 saturated carbocycles. The molecule has 0 heterocycles. The first-order valence-electron chi connectivity index (χ1n) is 8.38. The number of benzene rings is 2. The van der Waals surface area contributed by atoms with E-state index in [0.29, 0.717) is 0 Å². The fourth-order valence-electron chi connectivity index (χ4n) is 3.05. The topological polar surface area (TPSA) is 38.3 Å². The van der Waals surface area contributed by atoms with Crippen molar-refractivity contribution in [2.45, 2.75) is 39.0 Å². The maximum absolute atomic E-state index is 12.1. The Balaban J connectivity index is 1.58. The molecule has 3 rings (SSSR count). The van der Waals surface area contributed by atoms with Gasteiger partial charge in [-0.25, -0.2) is 0 Å². The summed E-state index contributed by atoms with van der Waals surface area (Å²) >= 11 is 0. The first kappa shape index (κ1) is 15.6. The number of ether oxygens (including phenoxy) is 1. The van der Waals surface area contributed by atoms with E-state index in [1.807, 2.05) is 36.4 Å². The Morgan fingerprint density at radius 2 is 1.87 bits per heavy atom. The molecule has 2 aromatic carbocycles. The van der Waals surface area contributed by atoms with Crippen LogP contribution in [0, 0.1) is 0 Å². The van der Waals surface area contributed by atoms with Gasteiger partial charge in [0.15, 0.2) is 6.61 Å². The molecule has 0 radical (unpaired) electrons. The highest BCUT2D eigenvalue weighted by Crippen LogP contribution is 2.29. The molecule has 0 spiro atoms. The lowest BCUT2D eigenvalue weighted by molar-refractivity contribution is -0.118. The van der Waals surface area contributed by atoms with Gasteiger partial charge in [-0.2, -0.15) is 0 Å². The Kier molecular flexibility index (Phi) is 4.96. The van der Waals surface area contributed by atoms with Crippen molar-refractivity contribution < 1.29 is 9.53 Å². The average Bonchev–Trinajstić information content (AvgIpc) is 2.60. The molecule has 1 aliphatic rings. The van der Waals surface area contributed by atoms with Crippen LogP contribution < -0.4 is 10.1 Å². The van der Waals surface area contributed by atoms with Crippen molar-refractivity contribution in [1.29, 1.82) is 0 Å². The van der Waals surface area contributed by atoms with Crippen LogP contribution in [0.5, 0.6) is 5.75 Å². The lowest BCUT2D eigenvalue weighted by Crippen LogP contribution is -2.21. The third kappa shape index (κ3) is 3.92. The maximum atomic E-state index is 12.1. The third-order valence-corrected chi connectivity index (χ3v) is 4.36. The van der Waals surface area contributed by atoms with Crippen molar-refractivity contribution in [2.24, 2.45) is 0 Å². The maximum Gasteiger partial charge on any atom is 0.262 e. The van der Waals surface area contributed by atoms with E-state index < -0.39 is 0 Å². The second kappa shape index (κ2) is 7.32. The van der Waals surface area contributed by atoms with E-state index in [2.05, 4.69) is 18.3 Å². The number of nitrogens with one attached hydrogen (secondary N) is 1. The van der Waals surface area contributed by atoms with Gasteiger partial charge in [-0.15, -0.1) is 0 Å². The molecule has 0 aromatic heterocycles. The zero-order valence-corrected chi connectivity index (χ0v) is 13.6. The first-order valence-corrected chi connectivity index (χ1v) is 8.38. The van der Waals surface area contributed by atoms with Gasteiger partial charge in [-0.1, -0.05) is 31.2 Å². The average molecular weight is 309 g/mol. The molecule has 23 heavy (non-hydrogen) atoms. The number of carbonyl (C=O) groups is 1. The molecule has 3 nitrogen and oxygen atoms in total. The van der Waals surface area contributed by atoms with Crippen molar-refractivity contribution in [3.63, 3.8) is 0 Å². The van der Waals surface area contributed by atoms with Crippen LogP contribution in [0.25, 0.3) is 0 Å². The van der Waals surface area contributed by atoms with Crippen LogP contribution in [0.1, 0.15) is 36.5 Å². The van der Waals surface area contributed by atoms with Gasteiger partial charge in [0.2, 0.25) is 0 Å². The van der Waals surface area contributed by atoms with Gasteiger partial charge in [0.25, 0.3) is 5.91 Å². The second-order valence-electron chi connectivity index (χ2n) is 5.99. The predicted octanol–water partition coefficient (Wildman–Crippen LogP) is 4.15. The molecule has 2 aromatic rings. The summed E-state index contributed by atoms with van der Waals surface area (Å²) in [5, 5.41) is 2.88. The SMILES string of the molecule is CCc1ccc(NC(=O)COc2cccc3c2CCCC3)cc1. The fraction of sp³-hybridized carbons (Fsp3) is 0.350. The number of amides is 1. The van der Waals surface area contributed by atoms with Crippen LogP contribution in [0.2, 0.25) is 0 Å². The van der Waals surface area contributed by atoms with Crippen LogP contribution >= 0.6 is 0 Å². The smallest absolute Gasteiger partial charge is 0.262 e. The predicted molar refractivity (Wildman–Crippen MR) is 93.0 cm³/mol. The van der Waals surface area contributed by atoms with Crippen LogP contribution in [0.4, 0.5) is 5.69 Å². The van der Waals surface area contributed by atoms with Crippen LogP contribution in [-0.2, 0) is 24.1 Å². The fourth-order valence-corrected chi connectivity index (χ4v) is 3.05. The quantitative estimate of drug-likeness (QED) is 0.901. The molecule has 0 bridgehead atoms. The Bertz CT molecular complexity index is 677. The van der Waals surface area contributed by atoms with E-state index >= 15 is 0 Å². The summed E-state index contributed by atoms with van der Waals surface area (Å²) in [5.41, 5.74) is 4.71. The van der Waals surface area contributed by atoms with Gasteiger partial charge in [0, 0.05) is 5.69 Å². The van der Waals surface area contributed by atoms with Crippen molar-refractivity contribution in [2.75, 3.05) is 11.9 Å².